The first-order chi connectivity index (χ1) is 9.71. The van der Waals surface area contributed by atoms with Crippen LogP contribution in [-0.2, 0) is 6.42 Å². The van der Waals surface area contributed by atoms with Gasteiger partial charge in [-0.25, -0.2) is 0 Å². The van der Waals surface area contributed by atoms with Gasteiger partial charge in [-0.2, -0.15) is 0 Å². The summed E-state index contributed by atoms with van der Waals surface area (Å²) in [5.41, 5.74) is 0. The Morgan fingerprint density at radius 1 is 1.20 bits per heavy atom. The predicted octanol–water partition coefficient (Wildman–Crippen LogP) is 7.55. The molecule has 20 heavy (non-hydrogen) atoms. The Morgan fingerprint density at radius 3 is 2.20 bits per heavy atom. The van der Waals surface area contributed by atoms with Crippen LogP contribution in [0.25, 0.3) is 4.91 Å². The smallest absolute Gasteiger partial charge is 0.0409 e. The topological polar surface area (TPSA) is 0 Å². The Morgan fingerprint density at radius 2 is 1.80 bits per heavy atom. The fourth-order valence-corrected chi connectivity index (χ4v) is 3.25. The van der Waals surface area contributed by atoms with Crippen LogP contribution in [0.5, 0.6) is 0 Å². The van der Waals surface area contributed by atoms with Crippen LogP contribution in [0.4, 0.5) is 0 Å². The molecule has 0 amide bonds. The quantitative estimate of drug-likeness (QED) is 0.506. The highest BCUT2D eigenvalue weighted by Crippen LogP contribution is 2.36. The molecule has 0 saturated heterocycles. The maximum Gasteiger partial charge on any atom is 0.0409 e. The Labute approximate surface area is 134 Å². The van der Waals surface area contributed by atoms with Gasteiger partial charge < -0.3 is 0 Å². The summed E-state index contributed by atoms with van der Waals surface area (Å²) in [6, 6.07) is 4.41. The molecule has 0 aromatic carbocycles. The molecule has 2 heteroatoms. The normalized spacial score (nSPS) is 10.4. The van der Waals surface area contributed by atoms with Gasteiger partial charge in [0.1, 0.15) is 0 Å². The van der Waals surface area contributed by atoms with Crippen molar-refractivity contribution in [3.8, 4) is 0 Å². The molecule has 1 rings (SSSR count). The van der Waals surface area contributed by atoms with E-state index in [1.807, 2.05) is 58.1 Å². The van der Waals surface area contributed by atoms with Gasteiger partial charge in [-0.05, 0) is 32.4 Å². The van der Waals surface area contributed by atoms with Crippen LogP contribution < -0.4 is 0 Å². The molecule has 0 atom stereocenters. The Kier molecular flexibility index (Phi) is 15.8. The highest BCUT2D eigenvalue weighted by Gasteiger charge is 2.05. The van der Waals surface area contributed by atoms with Gasteiger partial charge in [0.2, 0.25) is 0 Å². The highest BCUT2D eigenvalue weighted by atomic mass is 32.2. The van der Waals surface area contributed by atoms with E-state index in [1.165, 1.54) is 14.7 Å². The van der Waals surface area contributed by atoms with Gasteiger partial charge in [0.25, 0.3) is 0 Å². The lowest BCUT2D eigenvalue weighted by atomic mass is 10.3. The summed E-state index contributed by atoms with van der Waals surface area (Å²) in [5.74, 6) is 0. The molecule has 0 saturated carbocycles. The molecule has 0 aliphatic heterocycles. The van der Waals surface area contributed by atoms with E-state index >= 15 is 0 Å². The van der Waals surface area contributed by atoms with Crippen molar-refractivity contribution in [1.82, 2.24) is 0 Å². The zero-order chi connectivity index (χ0) is 16.0. The van der Waals surface area contributed by atoms with E-state index in [2.05, 4.69) is 38.6 Å². The number of aryl methyl sites for hydroxylation is 1. The molecular formula is C18H30S2. The highest BCUT2D eigenvalue weighted by molar-refractivity contribution is 8.12. The number of thioether (sulfide) groups is 1. The van der Waals surface area contributed by atoms with E-state index < -0.39 is 0 Å². The second-order valence-electron chi connectivity index (χ2n) is 3.34. The van der Waals surface area contributed by atoms with E-state index in [4.69, 9.17) is 0 Å². The van der Waals surface area contributed by atoms with Gasteiger partial charge >= 0.3 is 0 Å². The van der Waals surface area contributed by atoms with Gasteiger partial charge in [-0.3, -0.25) is 0 Å². The molecule has 1 heterocycles. The Balaban J connectivity index is 0. The minimum absolute atomic E-state index is 1.09. The lowest BCUT2D eigenvalue weighted by molar-refractivity contribution is 1.19. The molecule has 0 aliphatic carbocycles. The molecular weight excluding hydrogens is 280 g/mol. The minimum Gasteiger partial charge on any atom is -0.140 e. The first-order valence-corrected chi connectivity index (χ1v) is 9.09. The fourth-order valence-electron chi connectivity index (χ4n) is 1.31. The van der Waals surface area contributed by atoms with E-state index in [0.29, 0.717) is 0 Å². The number of hydrogen-bond donors (Lipinski definition) is 0. The summed E-state index contributed by atoms with van der Waals surface area (Å²) < 4.78 is 0. The maximum atomic E-state index is 4.02. The first kappa shape index (κ1) is 21.6. The zero-order valence-corrected chi connectivity index (χ0v) is 15.8. The van der Waals surface area contributed by atoms with Crippen molar-refractivity contribution in [1.29, 1.82) is 0 Å². The number of rotatable bonds is 5. The van der Waals surface area contributed by atoms with Crippen LogP contribution in [0.1, 0.15) is 58.2 Å². The lowest BCUT2D eigenvalue weighted by Gasteiger charge is -2.03. The standard InChI is InChI=1S/C14H18S2.2C2H6/c1-5-8-11(4)15-13(7-3)14-10-9-12(6-2)16-14;2*1-2/h5,7-10H,4,6H2,1-3H3;2*1-2H3/b8-5+,13-7-;;. The molecule has 1 aromatic rings. The van der Waals surface area contributed by atoms with Gasteiger partial charge in [-0.15, -0.1) is 11.3 Å². The van der Waals surface area contributed by atoms with Crippen LogP contribution in [-0.4, -0.2) is 0 Å². The van der Waals surface area contributed by atoms with Crippen LogP contribution >= 0.6 is 23.1 Å². The van der Waals surface area contributed by atoms with Crippen molar-refractivity contribution < 1.29 is 0 Å². The average molecular weight is 311 g/mol. The third kappa shape index (κ3) is 8.44. The van der Waals surface area contributed by atoms with Gasteiger partial charge in [-0.1, -0.05) is 71.2 Å². The minimum atomic E-state index is 1.09. The van der Waals surface area contributed by atoms with E-state index in [-0.39, 0.29) is 0 Å². The molecule has 0 spiro atoms. The summed E-state index contributed by atoms with van der Waals surface area (Å²) >= 11 is 3.61. The molecule has 114 valence electrons. The van der Waals surface area contributed by atoms with Crippen molar-refractivity contribution in [2.45, 2.75) is 54.9 Å². The van der Waals surface area contributed by atoms with Crippen LogP contribution in [0.3, 0.4) is 0 Å². The molecule has 0 N–H and O–H groups in total. The Bertz CT molecular complexity index is 409. The zero-order valence-electron chi connectivity index (χ0n) is 14.1. The lowest BCUT2D eigenvalue weighted by Crippen LogP contribution is -1.73. The molecule has 0 unspecified atom stereocenters. The molecule has 0 fully saturated rings. The summed E-state index contributed by atoms with van der Waals surface area (Å²) in [5, 5.41) is 0. The van der Waals surface area contributed by atoms with E-state index in [0.717, 1.165) is 11.3 Å². The van der Waals surface area contributed by atoms with Gasteiger partial charge in [0.05, 0.1) is 0 Å². The number of allylic oxidation sites excluding steroid dienone is 3. The summed E-state index contributed by atoms with van der Waals surface area (Å²) in [7, 11) is 0. The van der Waals surface area contributed by atoms with Crippen LogP contribution in [0, 0.1) is 0 Å². The Hall–Kier alpha value is -0.730. The van der Waals surface area contributed by atoms with Crippen molar-refractivity contribution in [3.05, 3.63) is 51.6 Å². The molecule has 0 nitrogen and oxygen atoms in total. The third-order valence-electron chi connectivity index (χ3n) is 2.11. The second-order valence-corrected chi connectivity index (χ2v) is 5.68. The van der Waals surface area contributed by atoms with Crippen molar-refractivity contribution in [2.75, 3.05) is 0 Å². The van der Waals surface area contributed by atoms with Gasteiger partial charge in [0.15, 0.2) is 0 Å². The van der Waals surface area contributed by atoms with Crippen LogP contribution in [0.2, 0.25) is 0 Å². The monoisotopic (exact) mass is 310 g/mol. The number of hydrogen-bond acceptors (Lipinski definition) is 2. The summed E-state index contributed by atoms with van der Waals surface area (Å²) in [6.07, 6.45) is 7.34. The SMILES string of the molecule is C=C(/C=C/C)S/C(=C\C)c1ccc(CC)s1.CC.CC. The average Bonchev–Trinajstić information content (AvgIpc) is 2.98. The van der Waals surface area contributed by atoms with E-state index in [1.54, 1.807) is 11.8 Å². The van der Waals surface area contributed by atoms with Crippen molar-refractivity contribution >= 4 is 28.0 Å². The largest absolute Gasteiger partial charge is 0.140 e. The number of thiophene rings is 1. The first-order valence-electron chi connectivity index (χ1n) is 7.46. The fraction of sp³-hybridized carbons (Fsp3) is 0.444. The summed E-state index contributed by atoms with van der Waals surface area (Å²) in [4.78, 5) is 5.16. The molecule has 0 aliphatic rings. The third-order valence-corrected chi connectivity index (χ3v) is 4.57. The van der Waals surface area contributed by atoms with Gasteiger partial charge in [0, 0.05) is 19.6 Å². The van der Waals surface area contributed by atoms with Crippen molar-refractivity contribution in [3.63, 3.8) is 0 Å². The van der Waals surface area contributed by atoms with Crippen LogP contribution in [0.15, 0.2) is 41.8 Å². The summed E-state index contributed by atoms with van der Waals surface area (Å²) in [6.45, 7) is 18.3. The maximum absolute atomic E-state index is 4.02. The second kappa shape index (κ2) is 14.7. The molecule has 1 aromatic heterocycles. The predicted molar refractivity (Wildman–Crippen MR) is 102 cm³/mol. The molecule has 0 bridgehead atoms. The molecule has 0 radical (unpaired) electrons. The van der Waals surface area contributed by atoms with Crippen molar-refractivity contribution in [2.24, 2.45) is 0 Å². The van der Waals surface area contributed by atoms with E-state index in [9.17, 15) is 0 Å².